The zero-order valence-corrected chi connectivity index (χ0v) is 16.4. The number of nitrogens with zero attached hydrogens (tertiary/aromatic N) is 2. The summed E-state index contributed by atoms with van der Waals surface area (Å²) in [6.45, 7) is 6.49. The third-order valence-corrected chi connectivity index (χ3v) is 6.37. The summed E-state index contributed by atoms with van der Waals surface area (Å²) in [7, 11) is -1.44. The molecule has 1 N–H and O–H groups in total. The lowest BCUT2D eigenvalue weighted by molar-refractivity contribution is -0.117. The first-order chi connectivity index (χ1) is 12.2. The molecule has 2 heterocycles. The maximum absolute atomic E-state index is 12.4. The van der Waals surface area contributed by atoms with Crippen LogP contribution in [0.4, 0.5) is 0 Å². The number of hydrogen-bond acceptors (Lipinski definition) is 5. The first-order valence-corrected chi connectivity index (χ1v) is 10.3. The van der Waals surface area contributed by atoms with Crippen LogP contribution in [0.5, 0.6) is 0 Å². The summed E-state index contributed by atoms with van der Waals surface area (Å²) >= 11 is 0. The van der Waals surface area contributed by atoms with E-state index < -0.39 is 21.8 Å². The molecule has 0 radical (unpaired) electrons. The Morgan fingerprint density at radius 2 is 2.23 bits per heavy atom. The third kappa shape index (κ3) is 4.54. The number of carbonyl (C=O) groups is 1. The second-order valence-electron chi connectivity index (χ2n) is 6.74. The molecular weight excluding hydrogens is 354 g/mol. The molecule has 8 heteroatoms. The molecule has 1 aromatic rings. The number of amides is 1. The first-order valence-electron chi connectivity index (χ1n) is 8.49. The Morgan fingerprint density at radius 1 is 1.54 bits per heavy atom. The van der Waals surface area contributed by atoms with E-state index in [2.05, 4.69) is 9.88 Å². The first kappa shape index (κ1) is 20.2. The zero-order valence-electron chi connectivity index (χ0n) is 15.6. The normalized spacial score (nSPS) is 20.6. The maximum Gasteiger partial charge on any atom is 0.262 e. The van der Waals surface area contributed by atoms with Gasteiger partial charge in [0.25, 0.3) is 5.91 Å². The van der Waals surface area contributed by atoms with Gasteiger partial charge in [0.2, 0.25) is 0 Å². The predicted molar refractivity (Wildman–Crippen MR) is 99.3 cm³/mol. The van der Waals surface area contributed by atoms with Gasteiger partial charge >= 0.3 is 0 Å². The Labute approximate surface area is 154 Å². The standard InChI is InChI=1S/C18H25N3O4S/c1-12-7-15(14(3)21(12)13(2)10-25-4)8-16(9-19)18(22)20-17-5-6-26(23,24)11-17/h7-8,13,17H,5-6,10-11H2,1-4H3,(H,20,22)/b16-8+. The van der Waals surface area contributed by atoms with E-state index in [1.807, 2.05) is 32.9 Å². The van der Waals surface area contributed by atoms with E-state index in [1.54, 1.807) is 13.2 Å². The van der Waals surface area contributed by atoms with E-state index in [1.165, 1.54) is 0 Å². The van der Waals surface area contributed by atoms with E-state index in [0.29, 0.717) is 13.0 Å². The molecule has 26 heavy (non-hydrogen) atoms. The molecule has 1 aromatic heterocycles. The lowest BCUT2D eigenvalue weighted by Gasteiger charge is -2.17. The van der Waals surface area contributed by atoms with Gasteiger partial charge in [-0.15, -0.1) is 0 Å². The molecule has 1 amide bonds. The van der Waals surface area contributed by atoms with Gasteiger partial charge in [-0.2, -0.15) is 5.26 Å². The van der Waals surface area contributed by atoms with Crippen molar-refractivity contribution in [3.05, 3.63) is 28.6 Å². The van der Waals surface area contributed by atoms with Crippen molar-refractivity contribution < 1.29 is 17.9 Å². The molecule has 0 saturated carbocycles. The Bertz CT molecular complexity index is 862. The van der Waals surface area contributed by atoms with Crippen LogP contribution in [0.1, 0.15) is 36.3 Å². The van der Waals surface area contributed by atoms with Crippen LogP contribution in [0, 0.1) is 25.2 Å². The predicted octanol–water partition coefficient (Wildman–Crippen LogP) is 1.52. The van der Waals surface area contributed by atoms with E-state index >= 15 is 0 Å². The molecule has 0 spiro atoms. The molecule has 142 valence electrons. The maximum atomic E-state index is 12.4. The van der Waals surface area contributed by atoms with Gasteiger partial charge in [-0.1, -0.05) is 0 Å². The molecule has 2 rings (SSSR count). The van der Waals surface area contributed by atoms with Gasteiger partial charge in [-0.3, -0.25) is 4.79 Å². The molecule has 1 fully saturated rings. The van der Waals surface area contributed by atoms with E-state index in [-0.39, 0.29) is 23.1 Å². The molecule has 0 aliphatic carbocycles. The SMILES string of the molecule is COCC(C)n1c(C)cc(/C=C(\C#N)C(=O)NC2CCS(=O)(=O)C2)c1C. The summed E-state index contributed by atoms with van der Waals surface area (Å²) in [5.74, 6) is -0.535. The van der Waals surface area contributed by atoms with Crippen LogP contribution in [0.3, 0.4) is 0 Å². The van der Waals surface area contributed by atoms with Crippen molar-refractivity contribution in [3.63, 3.8) is 0 Å². The Morgan fingerprint density at radius 3 is 2.77 bits per heavy atom. The van der Waals surface area contributed by atoms with E-state index in [4.69, 9.17) is 4.74 Å². The summed E-state index contributed by atoms with van der Waals surface area (Å²) in [6, 6.07) is 3.54. The fourth-order valence-electron chi connectivity index (χ4n) is 3.42. The highest BCUT2D eigenvalue weighted by atomic mass is 32.2. The molecule has 1 saturated heterocycles. The largest absolute Gasteiger partial charge is 0.383 e. The van der Waals surface area contributed by atoms with Gasteiger partial charge in [-0.05, 0) is 44.9 Å². The Kier molecular flexibility index (Phi) is 6.26. The van der Waals surface area contributed by atoms with Crippen LogP contribution in [0.25, 0.3) is 6.08 Å². The van der Waals surface area contributed by atoms with Gasteiger partial charge in [0, 0.05) is 24.5 Å². The van der Waals surface area contributed by atoms with Crippen LogP contribution < -0.4 is 5.32 Å². The van der Waals surface area contributed by atoms with Crippen LogP contribution >= 0.6 is 0 Å². The van der Waals surface area contributed by atoms with Crippen molar-refractivity contribution in [1.29, 1.82) is 5.26 Å². The van der Waals surface area contributed by atoms with Crippen LogP contribution in [-0.4, -0.2) is 50.2 Å². The average molecular weight is 379 g/mol. The number of nitrogens with one attached hydrogen (secondary N) is 1. The number of ether oxygens (including phenoxy) is 1. The van der Waals surface area contributed by atoms with Gasteiger partial charge in [0.1, 0.15) is 11.6 Å². The number of sulfone groups is 1. The van der Waals surface area contributed by atoms with Crippen molar-refractivity contribution in [1.82, 2.24) is 9.88 Å². The molecule has 1 aliphatic heterocycles. The number of aryl methyl sites for hydroxylation is 1. The van der Waals surface area contributed by atoms with Crippen molar-refractivity contribution in [2.45, 2.75) is 39.3 Å². The molecule has 1 aliphatic rings. The van der Waals surface area contributed by atoms with Crippen LogP contribution in [0.2, 0.25) is 0 Å². The molecule has 2 atom stereocenters. The zero-order chi connectivity index (χ0) is 19.5. The summed E-state index contributed by atoms with van der Waals surface area (Å²) in [4.78, 5) is 12.4. The van der Waals surface area contributed by atoms with Gasteiger partial charge < -0.3 is 14.6 Å². The third-order valence-electron chi connectivity index (χ3n) is 4.60. The average Bonchev–Trinajstić information content (AvgIpc) is 3.03. The van der Waals surface area contributed by atoms with Crippen molar-refractivity contribution in [3.8, 4) is 6.07 Å². The number of hydrogen-bond donors (Lipinski definition) is 1. The number of nitriles is 1. The minimum absolute atomic E-state index is 0.0334. The number of aromatic nitrogens is 1. The fraction of sp³-hybridized carbons (Fsp3) is 0.556. The summed E-state index contributed by atoms with van der Waals surface area (Å²) in [5, 5.41) is 12.0. The van der Waals surface area contributed by atoms with E-state index in [0.717, 1.165) is 17.0 Å². The quantitative estimate of drug-likeness (QED) is 0.596. The summed E-state index contributed by atoms with van der Waals surface area (Å²) < 4.78 is 30.3. The highest BCUT2D eigenvalue weighted by molar-refractivity contribution is 7.91. The smallest absolute Gasteiger partial charge is 0.262 e. The summed E-state index contributed by atoms with van der Waals surface area (Å²) in [5.41, 5.74) is 2.71. The highest BCUT2D eigenvalue weighted by Crippen LogP contribution is 2.23. The van der Waals surface area contributed by atoms with Gasteiger partial charge in [0.05, 0.1) is 24.2 Å². The number of methoxy groups -OCH3 is 1. The fourth-order valence-corrected chi connectivity index (χ4v) is 5.09. The van der Waals surface area contributed by atoms with Crippen molar-refractivity contribution >= 4 is 21.8 Å². The lowest BCUT2D eigenvalue weighted by atomic mass is 10.1. The minimum Gasteiger partial charge on any atom is -0.383 e. The Balaban J connectivity index is 2.22. The second-order valence-corrected chi connectivity index (χ2v) is 8.97. The topological polar surface area (TPSA) is 101 Å². The molecule has 0 aromatic carbocycles. The van der Waals surface area contributed by atoms with Gasteiger partial charge in [0.15, 0.2) is 9.84 Å². The second kappa shape index (κ2) is 8.06. The highest BCUT2D eigenvalue weighted by Gasteiger charge is 2.29. The summed E-state index contributed by atoms with van der Waals surface area (Å²) in [6.07, 6.45) is 1.94. The number of rotatable bonds is 6. The molecular formula is C18H25N3O4S. The lowest BCUT2D eigenvalue weighted by Crippen LogP contribution is -2.36. The van der Waals surface area contributed by atoms with E-state index in [9.17, 15) is 18.5 Å². The molecule has 2 unspecified atom stereocenters. The number of carbonyl (C=O) groups excluding carboxylic acids is 1. The molecule has 0 bridgehead atoms. The molecule has 7 nitrogen and oxygen atoms in total. The minimum atomic E-state index is -3.09. The Hall–Kier alpha value is -2.11. The van der Waals surface area contributed by atoms with Crippen LogP contribution in [0.15, 0.2) is 11.6 Å². The van der Waals surface area contributed by atoms with Gasteiger partial charge in [-0.25, -0.2) is 8.42 Å². The van der Waals surface area contributed by atoms with Crippen molar-refractivity contribution in [2.24, 2.45) is 0 Å². The monoisotopic (exact) mass is 379 g/mol. The van der Waals surface area contributed by atoms with Crippen LogP contribution in [-0.2, 0) is 19.4 Å². The van der Waals surface area contributed by atoms with Crippen molar-refractivity contribution in [2.75, 3.05) is 25.2 Å².